The third-order valence-corrected chi connectivity index (χ3v) is 7.36. The quantitative estimate of drug-likeness (QED) is 0.643. The second-order valence-electron chi connectivity index (χ2n) is 7.40. The fourth-order valence-electron chi connectivity index (χ4n) is 3.65. The third kappa shape index (κ3) is 4.46. The van der Waals surface area contributed by atoms with E-state index in [1.165, 1.54) is 13.2 Å². The van der Waals surface area contributed by atoms with Gasteiger partial charge in [-0.15, -0.1) is 0 Å². The molecule has 0 spiro atoms. The lowest BCUT2D eigenvalue weighted by Crippen LogP contribution is -2.56. The van der Waals surface area contributed by atoms with Crippen LogP contribution < -0.4 is 10.0 Å². The van der Waals surface area contributed by atoms with Crippen LogP contribution in [0.3, 0.4) is 0 Å². The molecule has 2 heterocycles. The highest BCUT2D eigenvalue weighted by Gasteiger charge is 2.40. The molecule has 2 amide bonds. The Morgan fingerprint density at radius 2 is 2.17 bits per heavy atom. The number of benzene rings is 1. The van der Waals surface area contributed by atoms with E-state index >= 15 is 0 Å². The number of carbonyl (C=O) groups excluding carboxylic acids is 2. The summed E-state index contributed by atoms with van der Waals surface area (Å²) in [5, 5.41) is 2.62. The van der Waals surface area contributed by atoms with Gasteiger partial charge >= 0.3 is 6.09 Å². The molecule has 0 bridgehead atoms. The number of fused-ring (bicyclic) bond motifs is 1. The van der Waals surface area contributed by atoms with Crippen LogP contribution in [0, 0.1) is 5.92 Å². The SMILES string of the molecule is CCC(C)[C@H](NC(=O)OC)C(=O)N1CCC[C@H]1C1=Nc2ccc(Br)cc2S(=O)(=O)N1. The van der Waals surface area contributed by atoms with Crippen LogP contribution in [0.5, 0.6) is 0 Å². The molecule has 0 radical (unpaired) electrons. The zero-order valence-corrected chi connectivity index (χ0v) is 19.4. The molecule has 2 aliphatic heterocycles. The molecule has 1 unspecified atom stereocenters. The highest BCUT2D eigenvalue weighted by molar-refractivity contribution is 9.10. The number of likely N-dealkylation sites (tertiary alicyclic amines) is 1. The molecule has 2 N–H and O–H groups in total. The number of rotatable bonds is 5. The zero-order valence-electron chi connectivity index (χ0n) is 17.0. The molecule has 30 heavy (non-hydrogen) atoms. The monoisotopic (exact) mass is 500 g/mol. The van der Waals surface area contributed by atoms with E-state index in [9.17, 15) is 18.0 Å². The van der Waals surface area contributed by atoms with Crippen molar-refractivity contribution in [1.29, 1.82) is 0 Å². The van der Waals surface area contributed by atoms with Gasteiger partial charge in [-0.2, -0.15) is 0 Å². The Morgan fingerprint density at radius 1 is 1.43 bits per heavy atom. The minimum atomic E-state index is -3.80. The number of amidine groups is 1. The van der Waals surface area contributed by atoms with Gasteiger partial charge in [0, 0.05) is 11.0 Å². The van der Waals surface area contributed by atoms with Crippen molar-refractivity contribution in [2.45, 2.75) is 50.1 Å². The molecule has 0 aliphatic carbocycles. The number of methoxy groups -OCH3 is 1. The van der Waals surface area contributed by atoms with Crippen LogP contribution in [0.25, 0.3) is 0 Å². The summed E-state index contributed by atoms with van der Waals surface area (Å²) in [6.45, 7) is 4.26. The number of ether oxygens (including phenoxy) is 1. The fourth-order valence-corrected chi connectivity index (χ4v) is 5.40. The number of carbonyl (C=O) groups is 2. The maximum atomic E-state index is 13.3. The summed E-state index contributed by atoms with van der Waals surface area (Å²) in [6, 6.07) is 3.55. The average Bonchev–Trinajstić information content (AvgIpc) is 3.20. The molecule has 3 atom stereocenters. The van der Waals surface area contributed by atoms with Crippen molar-refractivity contribution < 1.29 is 22.7 Å². The average molecular weight is 501 g/mol. The van der Waals surface area contributed by atoms with Crippen molar-refractivity contribution in [3.05, 3.63) is 22.7 Å². The Morgan fingerprint density at radius 3 is 2.83 bits per heavy atom. The van der Waals surface area contributed by atoms with Gasteiger partial charge < -0.3 is 15.0 Å². The molecule has 3 rings (SSSR count). The number of nitrogens with zero attached hydrogens (tertiary/aromatic N) is 2. The van der Waals surface area contributed by atoms with E-state index in [1.807, 2.05) is 13.8 Å². The van der Waals surface area contributed by atoms with Gasteiger partial charge in [-0.1, -0.05) is 36.2 Å². The number of amides is 2. The van der Waals surface area contributed by atoms with E-state index in [0.717, 1.165) is 0 Å². The van der Waals surface area contributed by atoms with Gasteiger partial charge in [0.15, 0.2) is 0 Å². The summed E-state index contributed by atoms with van der Waals surface area (Å²) in [4.78, 5) is 31.3. The predicted molar refractivity (Wildman–Crippen MR) is 115 cm³/mol. The first-order chi connectivity index (χ1) is 14.2. The van der Waals surface area contributed by atoms with Crippen molar-refractivity contribution in [2.75, 3.05) is 13.7 Å². The van der Waals surface area contributed by atoms with Gasteiger partial charge in [-0.3, -0.25) is 9.52 Å². The first kappa shape index (κ1) is 22.5. The Kier molecular flexibility index (Phi) is 6.71. The number of alkyl carbamates (subject to hydrolysis) is 1. The standard InChI is InChI=1S/C19H25BrN4O5S/c1-4-11(2)16(22-19(26)29-3)18(25)24-9-5-6-14(24)17-21-13-8-7-12(20)10-15(13)30(27,28)23-17/h7-8,10-11,14,16H,4-6,9H2,1-3H3,(H,21,23)(H,22,26)/t11?,14-,16-/m0/s1. The Labute approximate surface area is 184 Å². The highest BCUT2D eigenvalue weighted by Crippen LogP contribution is 2.33. The van der Waals surface area contributed by atoms with Crippen LogP contribution in [-0.4, -0.2) is 56.9 Å². The van der Waals surface area contributed by atoms with E-state index in [2.05, 4.69) is 35.7 Å². The smallest absolute Gasteiger partial charge is 0.407 e. The third-order valence-electron chi connectivity index (χ3n) is 5.48. The molecular weight excluding hydrogens is 476 g/mol. The topological polar surface area (TPSA) is 117 Å². The van der Waals surface area contributed by atoms with Gasteiger partial charge in [0.1, 0.15) is 16.8 Å². The molecule has 0 saturated carbocycles. The summed E-state index contributed by atoms with van der Waals surface area (Å²) < 4.78 is 33.3. The highest BCUT2D eigenvalue weighted by atomic mass is 79.9. The fraction of sp³-hybridized carbons (Fsp3) is 0.526. The van der Waals surface area contributed by atoms with E-state index in [4.69, 9.17) is 0 Å². The lowest BCUT2D eigenvalue weighted by atomic mass is 9.97. The maximum Gasteiger partial charge on any atom is 0.407 e. The lowest BCUT2D eigenvalue weighted by Gasteiger charge is -2.33. The largest absolute Gasteiger partial charge is 0.453 e. The summed E-state index contributed by atoms with van der Waals surface area (Å²) in [5.41, 5.74) is 0.331. The van der Waals surface area contributed by atoms with Gasteiger partial charge in [0.25, 0.3) is 10.0 Å². The Balaban J connectivity index is 1.92. The predicted octanol–water partition coefficient (Wildman–Crippen LogP) is 2.53. The van der Waals surface area contributed by atoms with E-state index in [-0.39, 0.29) is 22.6 Å². The molecule has 11 heteroatoms. The summed E-state index contributed by atoms with van der Waals surface area (Å²) in [5.74, 6) is -0.182. The number of hydrogen-bond acceptors (Lipinski definition) is 6. The second-order valence-corrected chi connectivity index (χ2v) is 9.97. The summed E-state index contributed by atoms with van der Waals surface area (Å²) in [7, 11) is -2.56. The van der Waals surface area contributed by atoms with E-state index in [0.29, 0.717) is 36.0 Å². The molecular formula is C19H25BrN4O5S. The summed E-state index contributed by atoms with van der Waals surface area (Å²) >= 11 is 3.28. The zero-order chi connectivity index (χ0) is 22.1. The van der Waals surface area contributed by atoms with Crippen molar-refractivity contribution in [3.63, 3.8) is 0 Å². The Hall–Kier alpha value is -2.14. The number of hydrogen-bond donors (Lipinski definition) is 2. The van der Waals surface area contributed by atoms with Crippen molar-refractivity contribution in [1.82, 2.24) is 14.9 Å². The van der Waals surface area contributed by atoms with Gasteiger partial charge in [-0.25, -0.2) is 18.2 Å². The molecule has 0 aromatic heterocycles. The van der Waals surface area contributed by atoms with E-state index in [1.54, 1.807) is 17.0 Å². The number of sulfonamides is 1. The summed E-state index contributed by atoms with van der Waals surface area (Å²) in [6.07, 6.45) is 1.27. The molecule has 164 valence electrons. The van der Waals surface area contributed by atoms with Crippen LogP contribution in [0.15, 0.2) is 32.6 Å². The van der Waals surface area contributed by atoms with Gasteiger partial charge in [0.2, 0.25) is 5.91 Å². The number of nitrogens with one attached hydrogen (secondary N) is 2. The van der Waals surface area contributed by atoms with Crippen LogP contribution in [-0.2, 0) is 19.6 Å². The van der Waals surface area contributed by atoms with E-state index < -0.39 is 28.2 Å². The van der Waals surface area contributed by atoms with Crippen molar-refractivity contribution in [2.24, 2.45) is 10.9 Å². The first-order valence-electron chi connectivity index (χ1n) is 9.73. The van der Waals surface area contributed by atoms with Crippen molar-refractivity contribution >= 4 is 49.5 Å². The molecule has 1 aromatic carbocycles. The minimum absolute atomic E-state index is 0.0846. The van der Waals surface area contributed by atoms with Crippen molar-refractivity contribution in [3.8, 4) is 0 Å². The molecule has 1 aromatic rings. The Bertz CT molecular complexity index is 981. The minimum Gasteiger partial charge on any atom is -0.453 e. The van der Waals surface area contributed by atoms with Crippen LogP contribution in [0.4, 0.5) is 10.5 Å². The molecule has 2 aliphatic rings. The first-order valence-corrected chi connectivity index (χ1v) is 12.0. The molecule has 9 nitrogen and oxygen atoms in total. The van der Waals surface area contributed by atoms with Gasteiger partial charge in [-0.05, 0) is 37.0 Å². The van der Waals surface area contributed by atoms with Crippen LogP contribution >= 0.6 is 15.9 Å². The van der Waals surface area contributed by atoms with Crippen LogP contribution in [0.1, 0.15) is 33.1 Å². The molecule has 1 fully saturated rings. The normalized spacial score (nSPS) is 21.7. The number of aliphatic imine (C=N–C) groups is 1. The van der Waals surface area contributed by atoms with Crippen LogP contribution in [0.2, 0.25) is 0 Å². The maximum absolute atomic E-state index is 13.3. The lowest BCUT2D eigenvalue weighted by molar-refractivity contribution is -0.134. The second kappa shape index (κ2) is 8.93. The number of halogens is 1. The van der Waals surface area contributed by atoms with Gasteiger partial charge in [0.05, 0.1) is 18.8 Å². The molecule has 1 saturated heterocycles.